The molecule has 1 aliphatic carbocycles. The summed E-state index contributed by atoms with van der Waals surface area (Å²) in [6, 6.07) is 0. The molecule has 1 fully saturated rings. The lowest BCUT2D eigenvalue weighted by molar-refractivity contribution is 0.128. The molecule has 0 radical (unpaired) electrons. The van der Waals surface area contributed by atoms with Gasteiger partial charge in [0, 0.05) is 19.6 Å². The van der Waals surface area contributed by atoms with Crippen LogP contribution in [0.15, 0.2) is 0 Å². The van der Waals surface area contributed by atoms with E-state index in [0.29, 0.717) is 5.41 Å². The van der Waals surface area contributed by atoms with E-state index in [1.165, 1.54) is 38.5 Å². The summed E-state index contributed by atoms with van der Waals surface area (Å²) in [5, 5.41) is 12.6. The molecule has 17 heavy (non-hydrogen) atoms. The SMILES string of the molecule is CCNCC1(CN(C)CCO)CCCCCC1. The Morgan fingerprint density at radius 1 is 1.18 bits per heavy atom. The third-order valence-electron chi connectivity index (χ3n) is 4.00. The van der Waals surface area contributed by atoms with Crippen molar-refractivity contribution < 1.29 is 5.11 Å². The Morgan fingerprint density at radius 2 is 1.82 bits per heavy atom. The third-order valence-corrected chi connectivity index (χ3v) is 4.00. The van der Waals surface area contributed by atoms with Crippen molar-refractivity contribution in [3.63, 3.8) is 0 Å². The molecule has 0 aromatic carbocycles. The monoisotopic (exact) mass is 242 g/mol. The molecule has 0 saturated heterocycles. The van der Waals surface area contributed by atoms with Crippen molar-refractivity contribution in [3.05, 3.63) is 0 Å². The summed E-state index contributed by atoms with van der Waals surface area (Å²) in [6.45, 7) is 6.58. The average molecular weight is 242 g/mol. The highest BCUT2D eigenvalue weighted by Crippen LogP contribution is 2.35. The summed E-state index contributed by atoms with van der Waals surface area (Å²) < 4.78 is 0. The second-order valence-electron chi connectivity index (χ2n) is 5.66. The zero-order valence-corrected chi connectivity index (χ0v) is 11.7. The van der Waals surface area contributed by atoms with Crippen molar-refractivity contribution in [2.45, 2.75) is 45.4 Å². The highest BCUT2D eigenvalue weighted by molar-refractivity contribution is 4.86. The van der Waals surface area contributed by atoms with Crippen molar-refractivity contribution in [1.82, 2.24) is 10.2 Å². The lowest BCUT2D eigenvalue weighted by Gasteiger charge is -2.37. The maximum atomic E-state index is 9.02. The average Bonchev–Trinajstić information content (AvgIpc) is 2.53. The number of nitrogens with one attached hydrogen (secondary N) is 1. The first kappa shape index (κ1) is 14.9. The molecule has 0 unspecified atom stereocenters. The molecule has 3 heteroatoms. The molecule has 0 atom stereocenters. The third kappa shape index (κ3) is 5.36. The molecule has 0 aliphatic heterocycles. The van der Waals surface area contributed by atoms with Crippen LogP contribution in [0.2, 0.25) is 0 Å². The molecule has 0 amide bonds. The van der Waals surface area contributed by atoms with Gasteiger partial charge in [-0.05, 0) is 31.8 Å². The quantitative estimate of drug-likeness (QED) is 0.669. The Labute approximate surface area is 107 Å². The van der Waals surface area contributed by atoms with Crippen LogP contribution in [0.3, 0.4) is 0 Å². The molecule has 0 heterocycles. The van der Waals surface area contributed by atoms with Crippen LogP contribution < -0.4 is 5.32 Å². The highest BCUT2D eigenvalue weighted by atomic mass is 16.3. The Kier molecular flexibility index (Phi) is 7.09. The van der Waals surface area contributed by atoms with Crippen LogP contribution in [-0.2, 0) is 0 Å². The molecule has 0 aromatic rings. The van der Waals surface area contributed by atoms with Crippen molar-refractivity contribution in [3.8, 4) is 0 Å². The number of hydrogen-bond donors (Lipinski definition) is 2. The van der Waals surface area contributed by atoms with E-state index >= 15 is 0 Å². The minimum absolute atomic E-state index is 0.272. The summed E-state index contributed by atoms with van der Waals surface area (Å²) in [4.78, 5) is 2.29. The van der Waals surface area contributed by atoms with E-state index in [2.05, 4.69) is 24.2 Å². The molecule has 3 nitrogen and oxygen atoms in total. The lowest BCUT2D eigenvalue weighted by atomic mass is 9.79. The normalized spacial score (nSPS) is 20.5. The van der Waals surface area contributed by atoms with Crippen LogP contribution in [0, 0.1) is 5.41 Å². The van der Waals surface area contributed by atoms with E-state index in [4.69, 9.17) is 5.11 Å². The second kappa shape index (κ2) is 8.06. The van der Waals surface area contributed by atoms with Gasteiger partial charge in [-0.2, -0.15) is 0 Å². The largest absolute Gasteiger partial charge is 0.395 e. The van der Waals surface area contributed by atoms with Gasteiger partial charge in [0.15, 0.2) is 0 Å². The van der Waals surface area contributed by atoms with Crippen molar-refractivity contribution in [1.29, 1.82) is 0 Å². The minimum Gasteiger partial charge on any atom is -0.395 e. The van der Waals surface area contributed by atoms with Crippen molar-refractivity contribution in [2.75, 3.05) is 39.8 Å². The Bertz CT molecular complexity index is 189. The minimum atomic E-state index is 0.272. The maximum Gasteiger partial charge on any atom is 0.0558 e. The van der Waals surface area contributed by atoms with Gasteiger partial charge in [0.05, 0.1) is 6.61 Å². The Balaban J connectivity index is 2.55. The van der Waals surface area contributed by atoms with Gasteiger partial charge in [0.25, 0.3) is 0 Å². The second-order valence-corrected chi connectivity index (χ2v) is 5.66. The van der Waals surface area contributed by atoms with E-state index in [1.807, 2.05) is 0 Å². The molecule has 0 aromatic heterocycles. The molecule has 102 valence electrons. The summed E-state index contributed by atoms with van der Waals surface area (Å²) in [5.74, 6) is 0. The van der Waals surface area contributed by atoms with Crippen LogP contribution in [0.25, 0.3) is 0 Å². The molecule has 1 aliphatic rings. The van der Waals surface area contributed by atoms with Crippen molar-refractivity contribution in [2.24, 2.45) is 5.41 Å². The fourth-order valence-corrected chi connectivity index (χ4v) is 3.08. The number of aliphatic hydroxyl groups excluding tert-OH is 1. The predicted octanol–water partition coefficient (Wildman–Crippen LogP) is 1.86. The van der Waals surface area contributed by atoms with Crippen LogP contribution >= 0.6 is 0 Å². The standard InChI is InChI=1S/C14H30N2O/c1-3-15-12-14(13-16(2)10-11-17)8-6-4-5-7-9-14/h15,17H,3-13H2,1-2H3. The summed E-state index contributed by atoms with van der Waals surface area (Å²) in [6.07, 6.45) is 8.23. The van der Waals surface area contributed by atoms with E-state index in [1.54, 1.807) is 0 Å². The van der Waals surface area contributed by atoms with Gasteiger partial charge in [-0.25, -0.2) is 0 Å². The fraction of sp³-hybridized carbons (Fsp3) is 1.00. The van der Waals surface area contributed by atoms with E-state index in [-0.39, 0.29) is 6.61 Å². The zero-order valence-electron chi connectivity index (χ0n) is 11.7. The molecule has 0 bridgehead atoms. The first-order valence-electron chi connectivity index (χ1n) is 7.22. The molecule has 1 saturated carbocycles. The lowest BCUT2D eigenvalue weighted by Crippen LogP contribution is -2.43. The highest BCUT2D eigenvalue weighted by Gasteiger charge is 2.31. The van der Waals surface area contributed by atoms with E-state index in [0.717, 1.165) is 26.2 Å². The van der Waals surface area contributed by atoms with Gasteiger partial charge in [0.1, 0.15) is 0 Å². The van der Waals surface area contributed by atoms with Gasteiger partial charge in [-0.1, -0.05) is 32.6 Å². The number of aliphatic hydroxyl groups is 1. The van der Waals surface area contributed by atoms with Crippen LogP contribution in [-0.4, -0.2) is 49.8 Å². The van der Waals surface area contributed by atoms with Gasteiger partial charge in [-0.15, -0.1) is 0 Å². The fourth-order valence-electron chi connectivity index (χ4n) is 3.08. The van der Waals surface area contributed by atoms with Gasteiger partial charge in [-0.3, -0.25) is 0 Å². The number of nitrogens with zero attached hydrogens (tertiary/aromatic N) is 1. The summed E-state index contributed by atoms with van der Waals surface area (Å²) in [5.41, 5.74) is 0.441. The first-order valence-corrected chi connectivity index (χ1v) is 7.22. The zero-order chi connectivity index (χ0) is 12.6. The van der Waals surface area contributed by atoms with Crippen LogP contribution in [0.5, 0.6) is 0 Å². The number of likely N-dealkylation sites (N-methyl/N-ethyl adjacent to an activating group) is 1. The van der Waals surface area contributed by atoms with Gasteiger partial charge >= 0.3 is 0 Å². The van der Waals surface area contributed by atoms with Gasteiger partial charge < -0.3 is 15.3 Å². The predicted molar refractivity (Wildman–Crippen MR) is 73.3 cm³/mol. The maximum absolute atomic E-state index is 9.02. The molecular formula is C14H30N2O. The smallest absolute Gasteiger partial charge is 0.0558 e. The molecular weight excluding hydrogens is 212 g/mol. The number of rotatable bonds is 7. The van der Waals surface area contributed by atoms with Crippen molar-refractivity contribution >= 4 is 0 Å². The van der Waals surface area contributed by atoms with Crippen LogP contribution in [0.4, 0.5) is 0 Å². The molecule has 2 N–H and O–H groups in total. The summed E-state index contributed by atoms with van der Waals surface area (Å²) in [7, 11) is 2.13. The van der Waals surface area contributed by atoms with E-state index in [9.17, 15) is 0 Å². The molecule has 0 spiro atoms. The topological polar surface area (TPSA) is 35.5 Å². The number of hydrogen-bond acceptors (Lipinski definition) is 3. The van der Waals surface area contributed by atoms with Gasteiger partial charge in [0.2, 0.25) is 0 Å². The Morgan fingerprint density at radius 3 is 2.35 bits per heavy atom. The Hall–Kier alpha value is -0.120. The molecule has 1 rings (SSSR count). The van der Waals surface area contributed by atoms with Crippen LogP contribution in [0.1, 0.15) is 45.4 Å². The van der Waals surface area contributed by atoms with E-state index < -0.39 is 0 Å². The first-order chi connectivity index (χ1) is 8.22. The summed E-state index contributed by atoms with van der Waals surface area (Å²) >= 11 is 0.